The minimum Gasteiger partial charge on any atom is -0.293 e. The predicted octanol–water partition coefficient (Wildman–Crippen LogP) is 4.69. The van der Waals surface area contributed by atoms with Gasteiger partial charge in [-0.1, -0.05) is 43.8 Å². The average Bonchev–Trinajstić information content (AvgIpc) is 3.11. The molecule has 1 aromatic heterocycles. The molecule has 0 amide bonds. The molecule has 6 heteroatoms. The maximum atomic E-state index is 12.7. The van der Waals surface area contributed by atoms with Gasteiger partial charge in [-0.2, -0.15) is 4.68 Å². The number of nitrogens with zero attached hydrogens (tertiary/aromatic N) is 4. The van der Waals surface area contributed by atoms with Gasteiger partial charge in [0.1, 0.15) is 0 Å². The van der Waals surface area contributed by atoms with Crippen LogP contribution in [0, 0.1) is 20.8 Å². The predicted molar refractivity (Wildman–Crippen MR) is 109 cm³/mol. The summed E-state index contributed by atoms with van der Waals surface area (Å²) in [7, 11) is 0. The van der Waals surface area contributed by atoms with Crippen LogP contribution in [-0.4, -0.2) is 31.7 Å². The van der Waals surface area contributed by atoms with Crippen LogP contribution < -0.4 is 0 Å². The number of tetrazole rings is 1. The lowest BCUT2D eigenvalue weighted by atomic mass is 9.99. The highest BCUT2D eigenvalue weighted by molar-refractivity contribution is 7.99. The fraction of sp³-hybridized carbons (Fsp3) is 0.333. The molecule has 0 spiro atoms. The zero-order valence-corrected chi connectivity index (χ0v) is 17.2. The van der Waals surface area contributed by atoms with E-state index in [0.29, 0.717) is 16.8 Å². The Labute approximate surface area is 164 Å². The van der Waals surface area contributed by atoms with Crippen LogP contribution in [0.4, 0.5) is 0 Å². The van der Waals surface area contributed by atoms with Crippen molar-refractivity contribution in [1.82, 2.24) is 20.2 Å². The molecule has 0 saturated heterocycles. The van der Waals surface area contributed by atoms with Crippen molar-refractivity contribution in [2.45, 2.75) is 45.7 Å². The summed E-state index contributed by atoms with van der Waals surface area (Å²) in [6.07, 6.45) is 0. The van der Waals surface area contributed by atoms with E-state index in [1.165, 1.54) is 22.9 Å². The van der Waals surface area contributed by atoms with Gasteiger partial charge in [-0.25, -0.2) is 0 Å². The first-order valence-corrected chi connectivity index (χ1v) is 9.98. The average molecular weight is 381 g/mol. The summed E-state index contributed by atoms with van der Waals surface area (Å²) < 4.78 is 1.68. The molecule has 5 nitrogen and oxygen atoms in total. The fourth-order valence-electron chi connectivity index (χ4n) is 2.90. The van der Waals surface area contributed by atoms with Gasteiger partial charge in [0.2, 0.25) is 5.16 Å². The molecule has 0 unspecified atom stereocenters. The Morgan fingerprint density at radius 3 is 2.37 bits per heavy atom. The van der Waals surface area contributed by atoms with E-state index in [-0.39, 0.29) is 5.78 Å². The third-order valence-corrected chi connectivity index (χ3v) is 5.64. The largest absolute Gasteiger partial charge is 0.293 e. The summed E-state index contributed by atoms with van der Waals surface area (Å²) in [4.78, 5) is 12.7. The van der Waals surface area contributed by atoms with Crippen LogP contribution >= 0.6 is 11.8 Å². The van der Waals surface area contributed by atoms with Gasteiger partial charge in [0.25, 0.3) is 0 Å². The van der Waals surface area contributed by atoms with Crippen molar-refractivity contribution in [3.63, 3.8) is 0 Å². The number of hydrogen-bond donors (Lipinski definition) is 0. The summed E-state index contributed by atoms with van der Waals surface area (Å²) in [5, 5.41) is 12.6. The second kappa shape index (κ2) is 8.05. The Kier molecular flexibility index (Phi) is 5.75. The number of ketones is 1. The minimum absolute atomic E-state index is 0.0882. The van der Waals surface area contributed by atoms with E-state index < -0.39 is 0 Å². The molecule has 2 aromatic carbocycles. The molecule has 0 N–H and O–H groups in total. The molecule has 0 atom stereocenters. The van der Waals surface area contributed by atoms with Gasteiger partial charge in [0.15, 0.2) is 5.78 Å². The lowest BCUT2D eigenvalue weighted by molar-refractivity contribution is 0.102. The molecule has 0 aliphatic rings. The highest BCUT2D eigenvalue weighted by Crippen LogP contribution is 2.23. The Morgan fingerprint density at radius 1 is 1.04 bits per heavy atom. The second-order valence-corrected chi connectivity index (χ2v) is 8.03. The summed E-state index contributed by atoms with van der Waals surface area (Å²) >= 11 is 1.36. The number of Topliss-reactive ketones (excluding diaryl/α,β-unsaturated/α-hetero) is 1. The van der Waals surface area contributed by atoms with Crippen LogP contribution in [0.3, 0.4) is 0 Å². The maximum Gasteiger partial charge on any atom is 0.214 e. The molecule has 3 rings (SSSR count). The molecule has 0 saturated carbocycles. The lowest BCUT2D eigenvalue weighted by Crippen LogP contribution is -2.07. The first-order chi connectivity index (χ1) is 12.9. The number of rotatable bonds is 6. The van der Waals surface area contributed by atoms with E-state index in [2.05, 4.69) is 54.5 Å². The van der Waals surface area contributed by atoms with E-state index >= 15 is 0 Å². The molecule has 3 aromatic rings. The van der Waals surface area contributed by atoms with Gasteiger partial charge in [0, 0.05) is 5.56 Å². The maximum absolute atomic E-state index is 12.7. The summed E-state index contributed by atoms with van der Waals surface area (Å²) in [5.41, 5.74) is 6.26. The van der Waals surface area contributed by atoms with Gasteiger partial charge in [-0.05, 0) is 77.6 Å². The van der Waals surface area contributed by atoms with Gasteiger partial charge in [-0.3, -0.25) is 4.79 Å². The van der Waals surface area contributed by atoms with Crippen molar-refractivity contribution in [2.75, 3.05) is 5.75 Å². The molecule has 1 heterocycles. The third kappa shape index (κ3) is 4.27. The third-order valence-electron chi connectivity index (χ3n) is 4.72. The van der Waals surface area contributed by atoms with Crippen LogP contribution in [0.25, 0.3) is 5.69 Å². The van der Waals surface area contributed by atoms with Crippen LogP contribution in [0.15, 0.2) is 41.6 Å². The minimum atomic E-state index is 0.0882. The number of hydrogen-bond acceptors (Lipinski definition) is 5. The quantitative estimate of drug-likeness (QED) is 0.459. The highest BCUT2D eigenvalue weighted by atomic mass is 32.2. The van der Waals surface area contributed by atoms with E-state index in [4.69, 9.17) is 0 Å². The number of thioether (sulfide) groups is 1. The van der Waals surface area contributed by atoms with Crippen LogP contribution in [0.2, 0.25) is 0 Å². The van der Waals surface area contributed by atoms with E-state index in [1.54, 1.807) is 4.68 Å². The number of carbonyl (C=O) groups excluding carboxylic acids is 1. The molecule has 0 aliphatic carbocycles. The van der Waals surface area contributed by atoms with E-state index in [9.17, 15) is 4.79 Å². The first-order valence-electron chi connectivity index (χ1n) is 8.99. The Hall–Kier alpha value is -2.47. The molecule has 0 aliphatic heterocycles. The molecule has 0 bridgehead atoms. The van der Waals surface area contributed by atoms with Crippen LogP contribution in [-0.2, 0) is 0 Å². The smallest absolute Gasteiger partial charge is 0.214 e. The van der Waals surface area contributed by atoms with Gasteiger partial charge in [0.05, 0.1) is 11.4 Å². The SMILES string of the molecule is Cc1cc(C)c(C(=O)CSc2nnnn2-c2ccc(C(C)C)cc2)cc1C. The molecule has 0 fully saturated rings. The number of aromatic nitrogens is 4. The van der Waals surface area contributed by atoms with Gasteiger partial charge in [-0.15, -0.1) is 5.10 Å². The normalized spacial score (nSPS) is 11.2. The highest BCUT2D eigenvalue weighted by Gasteiger charge is 2.15. The molecule has 0 radical (unpaired) electrons. The van der Waals surface area contributed by atoms with Crippen molar-refractivity contribution >= 4 is 17.5 Å². The molecule has 27 heavy (non-hydrogen) atoms. The monoisotopic (exact) mass is 380 g/mol. The van der Waals surface area contributed by atoms with Crippen LogP contribution in [0.5, 0.6) is 0 Å². The first kappa shape index (κ1) is 19.3. The summed E-state index contributed by atoms with van der Waals surface area (Å²) in [5.74, 6) is 0.860. The van der Waals surface area contributed by atoms with Gasteiger partial charge >= 0.3 is 0 Å². The Bertz CT molecular complexity index is 961. The number of benzene rings is 2. The van der Waals surface area contributed by atoms with E-state index in [0.717, 1.165) is 22.4 Å². The van der Waals surface area contributed by atoms with Crippen molar-refractivity contribution in [3.05, 3.63) is 64.2 Å². The summed E-state index contributed by atoms with van der Waals surface area (Å²) in [6, 6.07) is 12.2. The topological polar surface area (TPSA) is 60.7 Å². The fourth-order valence-corrected chi connectivity index (χ4v) is 3.67. The second-order valence-electron chi connectivity index (χ2n) is 7.08. The molecular weight excluding hydrogens is 356 g/mol. The van der Waals surface area contributed by atoms with E-state index in [1.807, 2.05) is 32.0 Å². The summed E-state index contributed by atoms with van der Waals surface area (Å²) in [6.45, 7) is 10.4. The Balaban J connectivity index is 1.75. The zero-order valence-electron chi connectivity index (χ0n) is 16.4. The number of aryl methyl sites for hydroxylation is 3. The molecule has 140 valence electrons. The van der Waals surface area contributed by atoms with Crippen LogP contribution in [0.1, 0.15) is 52.4 Å². The van der Waals surface area contributed by atoms with Crippen molar-refractivity contribution in [2.24, 2.45) is 0 Å². The zero-order chi connectivity index (χ0) is 19.6. The van der Waals surface area contributed by atoms with Crippen molar-refractivity contribution < 1.29 is 4.79 Å². The van der Waals surface area contributed by atoms with Crippen molar-refractivity contribution in [1.29, 1.82) is 0 Å². The number of carbonyl (C=O) groups is 1. The van der Waals surface area contributed by atoms with Crippen molar-refractivity contribution in [3.8, 4) is 5.69 Å². The standard InChI is InChI=1S/C21H24N4OS/c1-13(2)17-6-8-18(9-7-17)25-21(22-23-24-25)27-12-20(26)19-11-15(4)14(3)10-16(19)5/h6-11,13H,12H2,1-5H3. The lowest BCUT2D eigenvalue weighted by Gasteiger charge is -2.09. The molecular formula is C21H24N4OS. The van der Waals surface area contributed by atoms with Gasteiger partial charge < -0.3 is 0 Å². The Morgan fingerprint density at radius 2 is 1.70 bits per heavy atom.